The number of hydrogen-bond acceptors (Lipinski definition) is 1. The van der Waals surface area contributed by atoms with Gasteiger partial charge in [-0.05, 0) is 126 Å². The van der Waals surface area contributed by atoms with Crippen molar-refractivity contribution in [1.29, 1.82) is 0 Å². The molecule has 10 aromatic carbocycles. The topological polar surface area (TPSA) is 4.93 Å². The molecule has 0 aliphatic heterocycles. The molecule has 1 nitrogen and oxygen atoms in total. The maximum absolute atomic E-state index is 2.51. The van der Waals surface area contributed by atoms with Gasteiger partial charge in [-0.3, -0.25) is 0 Å². The summed E-state index contributed by atoms with van der Waals surface area (Å²) in [6.07, 6.45) is 0. The first-order valence-electron chi connectivity index (χ1n) is 20.0. The molecule has 268 valence electrons. The predicted octanol–water partition coefficient (Wildman–Crippen LogP) is 16.1. The van der Waals surface area contributed by atoms with E-state index in [0.29, 0.717) is 0 Å². The van der Waals surface area contributed by atoms with Crippen LogP contribution in [0.5, 0.6) is 0 Å². The Bertz CT molecular complexity index is 3650. The summed E-state index contributed by atoms with van der Waals surface area (Å²) in [6.45, 7) is 0. The van der Waals surface area contributed by atoms with E-state index in [4.69, 9.17) is 0 Å². The Balaban J connectivity index is 1.08. The molecular weight excluding hydrogens is 719 g/mol. The molecule has 2 aromatic heterocycles. The van der Waals surface area contributed by atoms with E-state index in [0.717, 1.165) is 0 Å². The molecule has 13 rings (SSSR count). The number of thiophene rings is 1. The number of hydrogen-bond donors (Lipinski definition) is 0. The lowest BCUT2D eigenvalue weighted by molar-refractivity contribution is 1.18. The molecule has 0 saturated heterocycles. The summed E-state index contributed by atoms with van der Waals surface area (Å²) in [5.74, 6) is 0. The van der Waals surface area contributed by atoms with Gasteiger partial charge in [0.15, 0.2) is 0 Å². The van der Waals surface area contributed by atoms with Crippen LogP contribution in [0.3, 0.4) is 0 Å². The third kappa shape index (κ3) is 4.41. The van der Waals surface area contributed by atoms with Crippen LogP contribution >= 0.6 is 11.3 Å². The van der Waals surface area contributed by atoms with Crippen LogP contribution in [-0.2, 0) is 0 Å². The number of aromatic nitrogens is 1. The molecule has 0 spiro atoms. The van der Waals surface area contributed by atoms with Crippen molar-refractivity contribution in [2.75, 3.05) is 0 Å². The van der Waals surface area contributed by atoms with Crippen LogP contribution in [0.15, 0.2) is 200 Å². The van der Waals surface area contributed by atoms with Gasteiger partial charge in [0.25, 0.3) is 0 Å². The fraction of sp³-hybridized carbons (Fsp3) is 0. The lowest BCUT2D eigenvalue weighted by Crippen LogP contribution is -1.93. The van der Waals surface area contributed by atoms with E-state index in [1.807, 2.05) is 11.3 Å². The normalized spacial score (nSPS) is 12.1. The Hall–Kier alpha value is -7.26. The van der Waals surface area contributed by atoms with Gasteiger partial charge in [0.1, 0.15) is 0 Å². The van der Waals surface area contributed by atoms with Crippen molar-refractivity contribution in [2.24, 2.45) is 0 Å². The molecule has 2 heterocycles. The fourth-order valence-corrected chi connectivity index (χ4v) is 11.3. The summed E-state index contributed by atoms with van der Waals surface area (Å²) in [5, 5.41) is 10.5. The first-order chi connectivity index (χ1) is 28.8. The van der Waals surface area contributed by atoms with Crippen molar-refractivity contribution >= 4 is 74.9 Å². The van der Waals surface area contributed by atoms with E-state index in [1.165, 1.54) is 125 Å². The van der Waals surface area contributed by atoms with Gasteiger partial charge in [0.05, 0.1) is 11.0 Å². The summed E-state index contributed by atoms with van der Waals surface area (Å²) in [5.41, 5.74) is 16.6. The minimum absolute atomic E-state index is 1.18. The SMILES string of the molecule is c1ccc(-c2c3c(c(-c4ccccc4)c4ccccc24)-c2cc4sc5ccc(-c6ccc7c(c6)c6ccccc6n7-c6ccccc6)cc5c4c4cccc-3c24)cc1. The average molecular weight is 752 g/mol. The Morgan fingerprint density at radius 3 is 1.55 bits per heavy atom. The number of para-hydroxylation sites is 2. The first-order valence-corrected chi connectivity index (χ1v) is 20.8. The lowest BCUT2D eigenvalue weighted by Gasteiger charge is -2.20. The molecule has 58 heavy (non-hydrogen) atoms. The van der Waals surface area contributed by atoms with Crippen LogP contribution in [0, 0.1) is 0 Å². The maximum Gasteiger partial charge on any atom is 0.0541 e. The first kappa shape index (κ1) is 31.9. The van der Waals surface area contributed by atoms with Crippen LogP contribution in [-0.4, -0.2) is 4.57 Å². The Labute approximate surface area is 339 Å². The molecule has 12 aromatic rings. The molecule has 0 fully saturated rings. The molecule has 0 radical (unpaired) electrons. The summed E-state index contributed by atoms with van der Waals surface area (Å²) >= 11 is 1.92. The molecule has 0 amide bonds. The summed E-state index contributed by atoms with van der Waals surface area (Å²) < 4.78 is 5.03. The van der Waals surface area contributed by atoms with Crippen molar-refractivity contribution in [3.8, 4) is 61.3 Å². The predicted molar refractivity (Wildman–Crippen MR) is 249 cm³/mol. The second-order valence-electron chi connectivity index (χ2n) is 15.5. The molecule has 0 bridgehead atoms. The summed E-state index contributed by atoms with van der Waals surface area (Å²) in [4.78, 5) is 0. The van der Waals surface area contributed by atoms with Crippen LogP contribution in [0.1, 0.15) is 0 Å². The van der Waals surface area contributed by atoms with Crippen molar-refractivity contribution in [3.63, 3.8) is 0 Å². The van der Waals surface area contributed by atoms with Gasteiger partial charge in [-0.2, -0.15) is 0 Å². The zero-order chi connectivity index (χ0) is 37.9. The number of benzene rings is 10. The second kappa shape index (κ2) is 12.1. The standard InChI is InChI=1S/C56H33NS/c1-4-15-34(16-5-1)51-40-22-10-11-23-41(40)52(35-17-6-2-7-18-35)56-46-33-50-54(42-24-14-25-43(53(42)46)55(51)56)45-32-37(28-30-49(45)58-50)36-27-29-48-44(31-36)39-21-12-13-26-47(39)57(48)38-19-8-3-9-20-38/h1-33H. The molecule has 0 atom stereocenters. The van der Waals surface area contributed by atoms with Gasteiger partial charge >= 0.3 is 0 Å². The second-order valence-corrected chi connectivity index (χ2v) is 16.6. The van der Waals surface area contributed by atoms with Crippen LogP contribution in [0.25, 0.3) is 125 Å². The third-order valence-corrected chi connectivity index (χ3v) is 13.6. The largest absolute Gasteiger partial charge is 0.309 e. The highest BCUT2D eigenvalue weighted by Crippen LogP contribution is 2.59. The Morgan fingerprint density at radius 2 is 0.845 bits per heavy atom. The lowest BCUT2D eigenvalue weighted by atomic mass is 9.82. The minimum atomic E-state index is 1.18. The monoisotopic (exact) mass is 751 g/mol. The van der Waals surface area contributed by atoms with E-state index >= 15 is 0 Å². The zero-order valence-corrected chi connectivity index (χ0v) is 32.2. The summed E-state index contributed by atoms with van der Waals surface area (Å²) in [6, 6.07) is 74.2. The van der Waals surface area contributed by atoms with E-state index < -0.39 is 0 Å². The van der Waals surface area contributed by atoms with Crippen molar-refractivity contribution in [3.05, 3.63) is 200 Å². The average Bonchev–Trinajstić information content (AvgIpc) is 3.94. The number of nitrogens with zero attached hydrogens (tertiary/aromatic N) is 1. The zero-order valence-electron chi connectivity index (χ0n) is 31.4. The quantitative estimate of drug-likeness (QED) is 0.169. The van der Waals surface area contributed by atoms with Crippen LogP contribution < -0.4 is 0 Å². The Morgan fingerprint density at radius 1 is 0.293 bits per heavy atom. The molecule has 1 aliphatic carbocycles. The fourth-order valence-electron chi connectivity index (χ4n) is 10.1. The van der Waals surface area contributed by atoms with Crippen molar-refractivity contribution < 1.29 is 0 Å². The number of fused-ring (bicyclic) bond motifs is 11. The maximum atomic E-state index is 2.51. The van der Waals surface area contributed by atoms with Crippen molar-refractivity contribution in [1.82, 2.24) is 4.57 Å². The smallest absolute Gasteiger partial charge is 0.0541 e. The minimum Gasteiger partial charge on any atom is -0.309 e. The molecule has 2 heteroatoms. The highest BCUT2D eigenvalue weighted by Gasteiger charge is 2.31. The van der Waals surface area contributed by atoms with Crippen LogP contribution in [0.4, 0.5) is 0 Å². The highest BCUT2D eigenvalue weighted by molar-refractivity contribution is 7.26. The molecule has 0 saturated carbocycles. The van der Waals surface area contributed by atoms with E-state index in [1.54, 1.807) is 0 Å². The van der Waals surface area contributed by atoms with Gasteiger partial charge < -0.3 is 4.57 Å². The summed E-state index contributed by atoms with van der Waals surface area (Å²) in [7, 11) is 0. The Kier molecular flexibility index (Phi) is 6.66. The van der Waals surface area contributed by atoms with E-state index in [-0.39, 0.29) is 0 Å². The molecule has 1 aliphatic rings. The van der Waals surface area contributed by atoms with Gasteiger partial charge in [-0.1, -0.05) is 152 Å². The van der Waals surface area contributed by atoms with Crippen LogP contribution in [0.2, 0.25) is 0 Å². The van der Waals surface area contributed by atoms with Crippen molar-refractivity contribution in [2.45, 2.75) is 0 Å². The molecular formula is C56H33NS. The van der Waals surface area contributed by atoms with Gasteiger partial charge in [-0.15, -0.1) is 11.3 Å². The van der Waals surface area contributed by atoms with E-state index in [9.17, 15) is 0 Å². The molecule has 0 N–H and O–H groups in total. The van der Waals surface area contributed by atoms with Gasteiger partial charge in [0.2, 0.25) is 0 Å². The van der Waals surface area contributed by atoms with E-state index in [2.05, 4.69) is 205 Å². The van der Waals surface area contributed by atoms with Gasteiger partial charge in [0, 0.05) is 36.6 Å². The highest BCUT2D eigenvalue weighted by atomic mass is 32.1. The van der Waals surface area contributed by atoms with Gasteiger partial charge in [-0.25, -0.2) is 0 Å². The molecule has 0 unspecified atom stereocenters. The third-order valence-electron chi connectivity index (χ3n) is 12.5. The number of rotatable bonds is 4.